The quantitative estimate of drug-likeness (QED) is 0.243. The molecular weight excluding hydrogens is 574 g/mol. The average Bonchev–Trinajstić information content (AvgIpc) is 2.76. The largest absolute Gasteiger partial charge is 0.456 e. The van der Waals surface area contributed by atoms with Crippen molar-refractivity contribution >= 4 is 62.3 Å². The van der Waals surface area contributed by atoms with Crippen molar-refractivity contribution in [1.29, 1.82) is 0 Å². The number of nitrogens with zero attached hydrogens (tertiary/aromatic N) is 1. The van der Waals surface area contributed by atoms with Crippen molar-refractivity contribution in [2.24, 2.45) is 0 Å². The Morgan fingerprint density at radius 2 is 1.64 bits per heavy atom. The maximum absolute atomic E-state index is 12.8. The summed E-state index contributed by atoms with van der Waals surface area (Å²) in [5.74, 6) is -1.90. The van der Waals surface area contributed by atoms with Gasteiger partial charge in [0.1, 0.15) is 17.1 Å². The predicted octanol–water partition coefficient (Wildman–Crippen LogP) is 6.45. The third-order valence-electron chi connectivity index (χ3n) is 4.30. The number of ether oxygens (including phenoxy) is 1. The van der Waals surface area contributed by atoms with E-state index in [9.17, 15) is 36.5 Å². The highest BCUT2D eigenvalue weighted by Crippen LogP contribution is 2.37. The number of carbonyl (C=O) groups is 1. The summed E-state index contributed by atoms with van der Waals surface area (Å²) in [7, 11) is -4.59. The number of halogens is 6. The zero-order valence-corrected chi connectivity index (χ0v) is 20.4. The van der Waals surface area contributed by atoms with Crippen LogP contribution in [0.15, 0.2) is 54.6 Å². The molecule has 0 aliphatic heterocycles. The van der Waals surface area contributed by atoms with Crippen LogP contribution in [0.1, 0.15) is 15.9 Å². The minimum Gasteiger partial charge on any atom is -0.456 e. The molecule has 16 heteroatoms. The van der Waals surface area contributed by atoms with E-state index in [1.807, 2.05) is 4.72 Å². The SMILES string of the molecule is O=C(NS(=O)(=O)Nc1ccc(Cl)c(Cl)c1)c1cc(Oc2ccc(C(F)(F)F)cc2Cl)ccc1[N+](=O)[O-]. The highest BCUT2D eigenvalue weighted by Gasteiger charge is 2.31. The Balaban J connectivity index is 1.87. The number of benzene rings is 3. The third-order valence-corrected chi connectivity index (χ3v) is 6.29. The lowest BCUT2D eigenvalue weighted by Gasteiger charge is -2.13. The Bertz CT molecular complexity index is 1470. The molecule has 0 spiro atoms. The fourth-order valence-electron chi connectivity index (χ4n) is 2.72. The van der Waals surface area contributed by atoms with E-state index in [-0.39, 0.29) is 27.2 Å². The van der Waals surface area contributed by atoms with Crippen molar-refractivity contribution < 1.29 is 36.0 Å². The molecule has 0 aromatic heterocycles. The third kappa shape index (κ3) is 6.69. The van der Waals surface area contributed by atoms with Crippen LogP contribution < -0.4 is 14.2 Å². The second-order valence-electron chi connectivity index (χ2n) is 6.85. The molecule has 0 aliphatic rings. The van der Waals surface area contributed by atoms with E-state index in [4.69, 9.17) is 39.5 Å². The number of alkyl halides is 3. The van der Waals surface area contributed by atoms with E-state index in [1.54, 1.807) is 4.72 Å². The number of nitro groups is 1. The molecule has 0 fully saturated rings. The Morgan fingerprint density at radius 1 is 0.944 bits per heavy atom. The summed E-state index contributed by atoms with van der Waals surface area (Å²) >= 11 is 17.4. The van der Waals surface area contributed by atoms with Gasteiger partial charge in [0, 0.05) is 12.1 Å². The first-order valence-electron chi connectivity index (χ1n) is 9.29. The molecule has 0 aliphatic carbocycles. The van der Waals surface area contributed by atoms with Crippen LogP contribution in [0.4, 0.5) is 24.5 Å². The highest BCUT2D eigenvalue weighted by atomic mass is 35.5. The van der Waals surface area contributed by atoms with Crippen molar-refractivity contribution in [2.75, 3.05) is 4.72 Å². The fraction of sp³-hybridized carbons (Fsp3) is 0.0500. The smallest absolute Gasteiger partial charge is 0.416 e. The van der Waals surface area contributed by atoms with Crippen LogP contribution in [-0.4, -0.2) is 19.2 Å². The van der Waals surface area contributed by atoms with Gasteiger partial charge in [0.15, 0.2) is 0 Å². The normalized spacial score (nSPS) is 11.6. The number of anilines is 1. The molecule has 0 bridgehead atoms. The van der Waals surface area contributed by atoms with Gasteiger partial charge in [0.2, 0.25) is 0 Å². The Labute approximate surface area is 216 Å². The van der Waals surface area contributed by atoms with Gasteiger partial charge < -0.3 is 4.74 Å². The summed E-state index contributed by atoms with van der Waals surface area (Å²) in [6, 6.07) is 8.65. The maximum atomic E-state index is 12.8. The lowest BCUT2D eigenvalue weighted by molar-refractivity contribution is -0.385. The van der Waals surface area contributed by atoms with E-state index < -0.39 is 49.1 Å². The van der Waals surface area contributed by atoms with Gasteiger partial charge in [-0.1, -0.05) is 34.8 Å². The molecule has 3 aromatic carbocycles. The van der Waals surface area contributed by atoms with Crippen LogP contribution >= 0.6 is 34.8 Å². The summed E-state index contributed by atoms with van der Waals surface area (Å²) in [5, 5.41) is 11.1. The van der Waals surface area contributed by atoms with Crippen molar-refractivity contribution in [3.8, 4) is 11.5 Å². The Morgan fingerprint density at radius 3 is 2.22 bits per heavy atom. The fourth-order valence-corrected chi connectivity index (χ4v) is 4.08. The summed E-state index contributed by atoms with van der Waals surface area (Å²) in [6.07, 6.45) is -4.66. The van der Waals surface area contributed by atoms with Crippen molar-refractivity contribution in [1.82, 2.24) is 4.72 Å². The number of nitro benzene ring substituents is 1. The highest BCUT2D eigenvalue weighted by molar-refractivity contribution is 7.91. The first kappa shape index (κ1) is 27.3. The minimum atomic E-state index is -4.66. The van der Waals surface area contributed by atoms with Gasteiger partial charge in [-0.25, -0.2) is 4.72 Å². The lowest BCUT2D eigenvalue weighted by Crippen LogP contribution is -2.35. The first-order valence-corrected chi connectivity index (χ1v) is 11.9. The summed E-state index contributed by atoms with van der Waals surface area (Å²) in [6.45, 7) is 0. The van der Waals surface area contributed by atoms with E-state index in [1.165, 1.54) is 12.1 Å². The Kier molecular flexibility index (Phi) is 7.88. The lowest BCUT2D eigenvalue weighted by atomic mass is 10.1. The van der Waals surface area contributed by atoms with Crippen LogP contribution in [0.5, 0.6) is 11.5 Å². The zero-order chi connectivity index (χ0) is 26.8. The van der Waals surface area contributed by atoms with E-state index >= 15 is 0 Å². The van der Waals surface area contributed by atoms with E-state index in [0.29, 0.717) is 12.1 Å². The van der Waals surface area contributed by atoms with Gasteiger partial charge in [0.05, 0.1) is 31.2 Å². The summed E-state index contributed by atoms with van der Waals surface area (Å²) in [4.78, 5) is 23.1. The van der Waals surface area contributed by atoms with E-state index in [0.717, 1.165) is 30.3 Å². The second-order valence-corrected chi connectivity index (χ2v) is 9.48. The summed E-state index contributed by atoms with van der Waals surface area (Å²) in [5.41, 5.74) is -2.60. The van der Waals surface area contributed by atoms with Gasteiger partial charge in [0.25, 0.3) is 11.6 Å². The van der Waals surface area contributed by atoms with Crippen LogP contribution in [0.2, 0.25) is 15.1 Å². The zero-order valence-electron chi connectivity index (χ0n) is 17.3. The molecular formula is C20H11Cl3F3N3O6S. The number of hydrogen-bond acceptors (Lipinski definition) is 6. The molecule has 3 aromatic rings. The molecule has 190 valence electrons. The molecule has 0 radical (unpaired) electrons. The first-order chi connectivity index (χ1) is 16.7. The van der Waals surface area contributed by atoms with Gasteiger partial charge in [-0.2, -0.15) is 21.6 Å². The van der Waals surface area contributed by atoms with Crippen molar-refractivity contribution in [2.45, 2.75) is 6.18 Å². The number of amides is 1. The monoisotopic (exact) mass is 583 g/mol. The molecule has 36 heavy (non-hydrogen) atoms. The van der Waals surface area contributed by atoms with Gasteiger partial charge in [-0.3, -0.25) is 19.6 Å². The average molecular weight is 585 g/mol. The molecule has 0 unspecified atom stereocenters. The van der Waals surface area contributed by atoms with Crippen LogP contribution in [0.3, 0.4) is 0 Å². The predicted molar refractivity (Wildman–Crippen MR) is 126 cm³/mol. The molecule has 2 N–H and O–H groups in total. The van der Waals surface area contributed by atoms with Gasteiger partial charge in [-0.05, 0) is 42.5 Å². The van der Waals surface area contributed by atoms with Gasteiger partial charge >= 0.3 is 16.4 Å². The minimum absolute atomic E-state index is 0.0191. The molecule has 0 atom stereocenters. The van der Waals surface area contributed by atoms with Crippen LogP contribution in [0.25, 0.3) is 0 Å². The second kappa shape index (κ2) is 10.4. The summed E-state index contributed by atoms with van der Waals surface area (Å²) < 4.78 is 72.2. The van der Waals surface area contributed by atoms with Crippen molar-refractivity contribution in [3.63, 3.8) is 0 Å². The molecule has 1 amide bonds. The number of nitrogens with one attached hydrogen (secondary N) is 2. The number of hydrogen-bond donors (Lipinski definition) is 2. The van der Waals surface area contributed by atoms with Gasteiger partial charge in [-0.15, -0.1) is 0 Å². The number of rotatable bonds is 7. The van der Waals surface area contributed by atoms with Crippen LogP contribution in [-0.2, 0) is 16.4 Å². The topological polar surface area (TPSA) is 128 Å². The maximum Gasteiger partial charge on any atom is 0.416 e. The van der Waals surface area contributed by atoms with E-state index in [2.05, 4.69) is 0 Å². The molecule has 0 saturated carbocycles. The van der Waals surface area contributed by atoms with Crippen LogP contribution in [0, 0.1) is 10.1 Å². The standard InChI is InChI=1S/C20H11Cl3F3N3O6S/c21-14-4-2-11(8-15(14)22)27-36(33,34)28-19(30)13-9-12(3-5-17(13)29(31)32)35-18-6-1-10(7-16(18)23)20(24,25)26/h1-9,27H,(H,28,30). The molecule has 9 nitrogen and oxygen atoms in total. The molecule has 3 rings (SSSR count). The number of carbonyl (C=O) groups excluding carboxylic acids is 1. The Hall–Kier alpha value is -3.26. The molecule has 0 heterocycles. The van der Waals surface area contributed by atoms with Crippen molar-refractivity contribution in [3.05, 3.63) is 90.9 Å². The molecule has 0 saturated heterocycles.